The molecule has 0 amide bonds. The summed E-state index contributed by atoms with van der Waals surface area (Å²) in [5, 5.41) is 6.95. The fraction of sp³-hybridized carbons (Fsp3) is 0.667. The van der Waals surface area contributed by atoms with E-state index in [1.54, 1.807) is 0 Å². The van der Waals surface area contributed by atoms with Crippen LogP contribution < -0.4 is 15.4 Å². The van der Waals surface area contributed by atoms with Gasteiger partial charge in [-0.05, 0) is 25.0 Å². The van der Waals surface area contributed by atoms with E-state index in [2.05, 4.69) is 20.5 Å². The highest BCUT2D eigenvalue weighted by Gasteiger charge is 2.38. The van der Waals surface area contributed by atoms with Crippen LogP contribution in [-0.4, -0.2) is 69.4 Å². The van der Waals surface area contributed by atoms with Gasteiger partial charge in [0, 0.05) is 32.2 Å². The highest BCUT2D eigenvalue weighted by molar-refractivity contribution is 5.79. The lowest BCUT2D eigenvalue weighted by atomic mass is 9.80. The van der Waals surface area contributed by atoms with Gasteiger partial charge < -0.3 is 20.1 Å². The Hall–Kier alpha value is -1.79. The van der Waals surface area contributed by atoms with Crippen LogP contribution in [0.2, 0.25) is 0 Å². The zero-order chi connectivity index (χ0) is 18.8. The predicted octanol–water partition coefficient (Wildman–Crippen LogP) is 2.27. The summed E-state index contributed by atoms with van der Waals surface area (Å²) in [5.74, 6) is 1.75. The number of para-hydroxylation sites is 1. The largest absolute Gasteiger partial charge is 0.492 e. The van der Waals surface area contributed by atoms with E-state index in [0.29, 0.717) is 6.61 Å². The van der Waals surface area contributed by atoms with Gasteiger partial charge in [0.15, 0.2) is 5.96 Å². The Labute approximate surface area is 163 Å². The van der Waals surface area contributed by atoms with Crippen molar-refractivity contribution in [3.8, 4) is 5.75 Å². The van der Waals surface area contributed by atoms with E-state index in [0.717, 1.165) is 51.1 Å². The highest BCUT2D eigenvalue weighted by Crippen LogP contribution is 2.33. The molecule has 6 heteroatoms. The normalized spacial score (nSPS) is 20.9. The molecule has 0 aromatic heterocycles. The maximum absolute atomic E-state index is 5.74. The fourth-order valence-corrected chi connectivity index (χ4v) is 4.18. The van der Waals surface area contributed by atoms with Crippen LogP contribution in [0.25, 0.3) is 0 Å². The molecule has 1 aromatic rings. The molecule has 1 saturated carbocycles. The topological polar surface area (TPSA) is 58.1 Å². The molecule has 2 N–H and O–H groups in total. The van der Waals surface area contributed by atoms with Gasteiger partial charge in [0.05, 0.1) is 19.8 Å². The van der Waals surface area contributed by atoms with E-state index in [1.807, 2.05) is 37.4 Å². The highest BCUT2D eigenvalue weighted by atomic mass is 16.5. The minimum Gasteiger partial charge on any atom is -0.492 e. The second-order valence-corrected chi connectivity index (χ2v) is 7.40. The number of rotatable bonds is 7. The smallest absolute Gasteiger partial charge is 0.191 e. The summed E-state index contributed by atoms with van der Waals surface area (Å²) in [4.78, 5) is 7.04. The molecular formula is C21H34N4O2. The summed E-state index contributed by atoms with van der Waals surface area (Å²) in [6.45, 7) is 6.05. The first-order chi connectivity index (χ1) is 13.3. The monoisotopic (exact) mass is 374 g/mol. The van der Waals surface area contributed by atoms with Crippen molar-refractivity contribution in [2.45, 2.75) is 37.6 Å². The summed E-state index contributed by atoms with van der Waals surface area (Å²) in [7, 11) is 1.83. The zero-order valence-electron chi connectivity index (χ0n) is 16.6. The minimum atomic E-state index is 0.236. The summed E-state index contributed by atoms with van der Waals surface area (Å²) < 4.78 is 11.3. The van der Waals surface area contributed by atoms with E-state index in [4.69, 9.17) is 9.47 Å². The number of aliphatic imine (C=N–C) groups is 1. The fourth-order valence-electron chi connectivity index (χ4n) is 4.18. The van der Waals surface area contributed by atoms with Gasteiger partial charge >= 0.3 is 0 Å². The molecule has 27 heavy (non-hydrogen) atoms. The zero-order valence-corrected chi connectivity index (χ0v) is 16.6. The van der Waals surface area contributed by atoms with Gasteiger partial charge in [-0.25, -0.2) is 0 Å². The van der Waals surface area contributed by atoms with E-state index in [9.17, 15) is 0 Å². The van der Waals surface area contributed by atoms with E-state index in [-0.39, 0.29) is 5.54 Å². The van der Waals surface area contributed by atoms with Crippen LogP contribution in [0, 0.1) is 0 Å². The quantitative estimate of drug-likeness (QED) is 0.436. The molecule has 0 atom stereocenters. The van der Waals surface area contributed by atoms with Gasteiger partial charge in [-0.2, -0.15) is 0 Å². The third kappa shape index (κ3) is 5.84. The van der Waals surface area contributed by atoms with Gasteiger partial charge in [-0.15, -0.1) is 0 Å². The van der Waals surface area contributed by atoms with Crippen LogP contribution in [0.5, 0.6) is 5.75 Å². The molecule has 0 bridgehead atoms. The molecule has 1 aliphatic heterocycles. The van der Waals surface area contributed by atoms with E-state index < -0.39 is 0 Å². The standard InChI is InChI=1S/C21H34N4O2/c1-22-20(23-12-15-27-19-8-4-2-5-9-19)24-18-21(10-6-3-7-11-21)25-13-16-26-17-14-25/h2,4-5,8-9H,3,6-7,10-18H2,1H3,(H2,22,23,24). The summed E-state index contributed by atoms with van der Waals surface area (Å²) in [5.41, 5.74) is 0.236. The molecule has 1 saturated heterocycles. The van der Waals surface area contributed by atoms with Crippen molar-refractivity contribution in [3.05, 3.63) is 30.3 Å². The number of ether oxygens (including phenoxy) is 2. The van der Waals surface area contributed by atoms with Crippen molar-refractivity contribution in [1.82, 2.24) is 15.5 Å². The summed E-state index contributed by atoms with van der Waals surface area (Å²) in [6, 6.07) is 9.91. The Kier molecular flexibility index (Phi) is 7.78. The van der Waals surface area contributed by atoms with Crippen molar-refractivity contribution in [3.63, 3.8) is 0 Å². The van der Waals surface area contributed by atoms with Crippen LogP contribution in [0.3, 0.4) is 0 Å². The molecule has 3 rings (SSSR count). The first-order valence-electron chi connectivity index (χ1n) is 10.3. The predicted molar refractivity (Wildman–Crippen MR) is 110 cm³/mol. The number of benzene rings is 1. The molecule has 1 aliphatic carbocycles. The van der Waals surface area contributed by atoms with Gasteiger partial charge in [0.1, 0.15) is 12.4 Å². The number of nitrogens with one attached hydrogen (secondary N) is 2. The van der Waals surface area contributed by atoms with Crippen molar-refractivity contribution in [1.29, 1.82) is 0 Å². The van der Waals surface area contributed by atoms with Crippen molar-refractivity contribution in [2.75, 3.05) is 53.0 Å². The van der Waals surface area contributed by atoms with Crippen molar-refractivity contribution >= 4 is 5.96 Å². The maximum atomic E-state index is 5.74. The number of hydrogen-bond donors (Lipinski definition) is 2. The third-order valence-corrected chi connectivity index (χ3v) is 5.68. The molecule has 0 unspecified atom stereocenters. The number of hydrogen-bond acceptors (Lipinski definition) is 4. The van der Waals surface area contributed by atoms with Crippen LogP contribution in [0.4, 0.5) is 0 Å². The van der Waals surface area contributed by atoms with E-state index in [1.165, 1.54) is 32.1 Å². The third-order valence-electron chi connectivity index (χ3n) is 5.68. The number of nitrogens with zero attached hydrogens (tertiary/aromatic N) is 2. The average molecular weight is 375 g/mol. The summed E-state index contributed by atoms with van der Waals surface area (Å²) in [6.07, 6.45) is 6.50. The number of morpholine rings is 1. The Bertz CT molecular complexity index is 567. The second kappa shape index (κ2) is 10.5. The first-order valence-corrected chi connectivity index (χ1v) is 10.3. The lowest BCUT2D eigenvalue weighted by Gasteiger charge is -2.48. The molecule has 2 aliphatic rings. The van der Waals surface area contributed by atoms with Gasteiger partial charge in [0.25, 0.3) is 0 Å². The second-order valence-electron chi connectivity index (χ2n) is 7.40. The molecular weight excluding hydrogens is 340 g/mol. The molecule has 1 aromatic carbocycles. The Balaban J connectivity index is 1.46. The van der Waals surface area contributed by atoms with Gasteiger partial charge in [-0.3, -0.25) is 9.89 Å². The van der Waals surface area contributed by atoms with Gasteiger partial charge in [-0.1, -0.05) is 37.5 Å². The van der Waals surface area contributed by atoms with Crippen LogP contribution >= 0.6 is 0 Å². The molecule has 150 valence electrons. The Morgan fingerprint density at radius 1 is 1.11 bits per heavy atom. The Morgan fingerprint density at radius 3 is 2.56 bits per heavy atom. The lowest BCUT2D eigenvalue weighted by molar-refractivity contribution is -0.0352. The van der Waals surface area contributed by atoms with Crippen LogP contribution in [-0.2, 0) is 4.74 Å². The molecule has 2 fully saturated rings. The first kappa shape index (κ1) is 20.0. The molecule has 0 spiro atoms. The molecule has 1 heterocycles. The summed E-state index contributed by atoms with van der Waals surface area (Å²) >= 11 is 0. The SMILES string of the molecule is CN=C(NCCOc1ccccc1)NCC1(N2CCOCC2)CCCCC1. The molecule has 0 radical (unpaired) electrons. The maximum Gasteiger partial charge on any atom is 0.191 e. The van der Waals surface area contributed by atoms with E-state index >= 15 is 0 Å². The van der Waals surface area contributed by atoms with Crippen LogP contribution in [0.15, 0.2) is 35.3 Å². The Morgan fingerprint density at radius 2 is 1.85 bits per heavy atom. The van der Waals surface area contributed by atoms with Gasteiger partial charge in [0.2, 0.25) is 0 Å². The van der Waals surface area contributed by atoms with Crippen molar-refractivity contribution in [2.24, 2.45) is 4.99 Å². The molecule has 6 nitrogen and oxygen atoms in total. The van der Waals surface area contributed by atoms with Crippen LogP contribution in [0.1, 0.15) is 32.1 Å². The lowest BCUT2D eigenvalue weighted by Crippen LogP contribution is -2.60. The minimum absolute atomic E-state index is 0.236. The average Bonchev–Trinajstić information content (AvgIpc) is 2.75. The number of guanidine groups is 1. The van der Waals surface area contributed by atoms with Crippen molar-refractivity contribution < 1.29 is 9.47 Å².